The van der Waals surface area contributed by atoms with Crippen LogP contribution in [-0.4, -0.2) is 20.9 Å². The van der Waals surface area contributed by atoms with Crippen molar-refractivity contribution in [1.82, 2.24) is 0 Å². The Bertz CT molecular complexity index is 1000. The van der Waals surface area contributed by atoms with Crippen LogP contribution in [0, 0.1) is 12.8 Å². The third kappa shape index (κ3) is 3.19. The van der Waals surface area contributed by atoms with Gasteiger partial charge in [-0.25, -0.2) is 8.42 Å². The van der Waals surface area contributed by atoms with Crippen molar-refractivity contribution < 1.29 is 13.2 Å². The Labute approximate surface area is 158 Å². The first-order valence-corrected chi connectivity index (χ1v) is 10.4. The topological polar surface area (TPSA) is 66.5 Å². The van der Waals surface area contributed by atoms with Gasteiger partial charge in [-0.2, -0.15) is 0 Å². The molecule has 1 amide bonds. The predicted molar refractivity (Wildman–Crippen MR) is 102 cm³/mol. The van der Waals surface area contributed by atoms with E-state index in [1.54, 1.807) is 12.1 Å². The Balaban J connectivity index is 1.57. The van der Waals surface area contributed by atoms with Gasteiger partial charge in [0.25, 0.3) is 10.0 Å². The summed E-state index contributed by atoms with van der Waals surface area (Å²) in [5, 5.41) is 0.413. The number of amides is 1. The van der Waals surface area contributed by atoms with Gasteiger partial charge in [0.15, 0.2) is 0 Å². The monoisotopic (exact) mass is 390 g/mol. The number of nitrogens with one attached hydrogen (secondary N) is 1. The van der Waals surface area contributed by atoms with Crippen LogP contribution in [0.5, 0.6) is 0 Å². The molecule has 0 unspecified atom stereocenters. The van der Waals surface area contributed by atoms with Gasteiger partial charge in [-0.15, -0.1) is 0 Å². The fourth-order valence-corrected chi connectivity index (χ4v) is 4.52. The van der Waals surface area contributed by atoms with Crippen molar-refractivity contribution >= 4 is 38.9 Å². The molecule has 2 aromatic rings. The van der Waals surface area contributed by atoms with Crippen LogP contribution < -0.4 is 9.62 Å². The molecule has 2 aliphatic rings. The summed E-state index contributed by atoms with van der Waals surface area (Å²) in [7, 11) is -3.72. The van der Waals surface area contributed by atoms with Crippen molar-refractivity contribution in [3.8, 4) is 0 Å². The zero-order valence-corrected chi connectivity index (χ0v) is 15.9. The van der Waals surface area contributed by atoms with Gasteiger partial charge in [0.1, 0.15) is 0 Å². The van der Waals surface area contributed by atoms with Crippen LogP contribution in [0.1, 0.15) is 24.0 Å². The van der Waals surface area contributed by atoms with Gasteiger partial charge in [-0.3, -0.25) is 9.52 Å². The SMILES string of the molecule is Cc1ccc(S(=O)(=O)Nc2ccc3c(c2)CCN3C(=O)C2CC2)cc1Cl. The highest BCUT2D eigenvalue weighted by atomic mass is 35.5. The van der Waals surface area contributed by atoms with Gasteiger partial charge in [-0.05, 0) is 67.6 Å². The zero-order valence-electron chi connectivity index (χ0n) is 14.3. The second-order valence-electron chi connectivity index (χ2n) is 6.87. The molecule has 136 valence electrons. The summed E-state index contributed by atoms with van der Waals surface area (Å²) in [5.41, 5.74) is 3.19. The molecule has 1 aliphatic carbocycles. The molecule has 5 nitrogen and oxygen atoms in total. The third-order valence-electron chi connectivity index (χ3n) is 4.87. The van der Waals surface area contributed by atoms with Crippen molar-refractivity contribution in [3.63, 3.8) is 0 Å². The zero-order chi connectivity index (χ0) is 18.5. The van der Waals surface area contributed by atoms with E-state index in [1.807, 2.05) is 24.0 Å². The molecule has 2 aromatic carbocycles. The van der Waals surface area contributed by atoms with Crippen LogP contribution >= 0.6 is 11.6 Å². The van der Waals surface area contributed by atoms with Crippen molar-refractivity contribution in [2.75, 3.05) is 16.2 Å². The number of sulfonamides is 1. The number of rotatable bonds is 4. The minimum atomic E-state index is -3.72. The fraction of sp³-hybridized carbons (Fsp3) is 0.316. The maximum atomic E-state index is 12.6. The van der Waals surface area contributed by atoms with E-state index < -0.39 is 10.0 Å². The average molecular weight is 391 g/mol. The number of halogens is 1. The summed E-state index contributed by atoms with van der Waals surface area (Å²) < 4.78 is 27.8. The van der Waals surface area contributed by atoms with Crippen LogP contribution in [-0.2, 0) is 21.2 Å². The summed E-state index contributed by atoms with van der Waals surface area (Å²) in [4.78, 5) is 14.3. The first kappa shape index (κ1) is 17.4. The Kier molecular flexibility index (Phi) is 4.20. The van der Waals surface area contributed by atoms with Crippen LogP contribution in [0.3, 0.4) is 0 Å². The Hall–Kier alpha value is -2.05. The van der Waals surface area contributed by atoms with E-state index in [4.69, 9.17) is 11.6 Å². The number of anilines is 2. The summed E-state index contributed by atoms with van der Waals surface area (Å²) in [6.45, 7) is 2.48. The van der Waals surface area contributed by atoms with Gasteiger partial charge in [0.05, 0.1) is 4.90 Å². The summed E-state index contributed by atoms with van der Waals surface area (Å²) in [6.07, 6.45) is 2.68. The Morgan fingerprint density at radius 3 is 2.65 bits per heavy atom. The molecule has 0 saturated heterocycles. The van der Waals surface area contributed by atoms with E-state index in [0.717, 1.165) is 36.1 Å². The molecule has 7 heteroatoms. The highest BCUT2D eigenvalue weighted by molar-refractivity contribution is 7.92. The summed E-state index contributed by atoms with van der Waals surface area (Å²) >= 11 is 6.05. The van der Waals surface area contributed by atoms with E-state index in [-0.39, 0.29) is 16.7 Å². The summed E-state index contributed by atoms with van der Waals surface area (Å²) in [5.74, 6) is 0.358. The second kappa shape index (κ2) is 6.28. The Morgan fingerprint density at radius 1 is 1.19 bits per heavy atom. The normalized spacial score (nSPS) is 16.5. The lowest BCUT2D eigenvalue weighted by molar-refractivity contribution is -0.119. The van der Waals surface area contributed by atoms with Crippen LogP contribution in [0.25, 0.3) is 0 Å². The smallest absolute Gasteiger partial charge is 0.261 e. The molecule has 0 spiro atoms. The highest BCUT2D eigenvalue weighted by Gasteiger charge is 2.36. The van der Waals surface area contributed by atoms with Crippen LogP contribution in [0.2, 0.25) is 5.02 Å². The lowest BCUT2D eigenvalue weighted by Crippen LogP contribution is -2.30. The number of benzene rings is 2. The molecule has 0 bridgehead atoms. The fourth-order valence-electron chi connectivity index (χ4n) is 3.20. The lowest BCUT2D eigenvalue weighted by atomic mass is 10.1. The van der Waals surface area contributed by atoms with E-state index in [9.17, 15) is 13.2 Å². The molecule has 1 heterocycles. The number of fused-ring (bicyclic) bond motifs is 1. The summed E-state index contributed by atoms with van der Waals surface area (Å²) in [6, 6.07) is 9.99. The third-order valence-corrected chi connectivity index (χ3v) is 6.66. The van der Waals surface area contributed by atoms with Gasteiger partial charge in [0, 0.05) is 28.9 Å². The first-order chi connectivity index (χ1) is 12.3. The van der Waals surface area contributed by atoms with Crippen molar-refractivity contribution in [2.45, 2.75) is 31.1 Å². The molecular formula is C19H19ClN2O3S. The second-order valence-corrected chi connectivity index (χ2v) is 8.96. The van der Waals surface area contributed by atoms with E-state index >= 15 is 0 Å². The van der Waals surface area contributed by atoms with Crippen LogP contribution in [0.15, 0.2) is 41.3 Å². The van der Waals surface area contributed by atoms with Crippen molar-refractivity contribution in [3.05, 3.63) is 52.5 Å². The minimum Gasteiger partial charge on any atom is -0.312 e. The largest absolute Gasteiger partial charge is 0.312 e. The lowest BCUT2D eigenvalue weighted by Gasteiger charge is -2.17. The molecule has 1 saturated carbocycles. The standard InChI is InChI=1S/C19H19ClN2O3S/c1-12-2-6-16(11-17(12)20)26(24,25)21-15-5-7-18-14(10-15)8-9-22(18)19(23)13-3-4-13/h2,5-7,10-11,13,21H,3-4,8-9H2,1H3. The molecule has 0 aromatic heterocycles. The molecule has 4 rings (SSSR count). The molecular weight excluding hydrogens is 372 g/mol. The van der Waals surface area contributed by atoms with E-state index in [1.165, 1.54) is 12.1 Å². The molecule has 26 heavy (non-hydrogen) atoms. The van der Waals surface area contributed by atoms with E-state index in [2.05, 4.69) is 4.72 Å². The maximum Gasteiger partial charge on any atom is 0.261 e. The van der Waals surface area contributed by atoms with Gasteiger partial charge >= 0.3 is 0 Å². The first-order valence-electron chi connectivity index (χ1n) is 8.58. The number of carbonyl (C=O) groups excluding carboxylic acids is 1. The molecule has 0 atom stereocenters. The number of hydrogen-bond donors (Lipinski definition) is 1. The number of nitrogens with zero attached hydrogens (tertiary/aromatic N) is 1. The van der Waals surface area contributed by atoms with Gasteiger partial charge < -0.3 is 4.90 Å². The minimum absolute atomic E-state index is 0.124. The number of aryl methyl sites for hydroxylation is 1. The molecule has 1 N–H and O–H groups in total. The predicted octanol–water partition coefficient (Wildman–Crippen LogP) is 3.75. The van der Waals surface area contributed by atoms with Gasteiger partial charge in [0.2, 0.25) is 5.91 Å². The molecule has 1 fully saturated rings. The molecule has 1 aliphatic heterocycles. The highest BCUT2D eigenvalue weighted by Crippen LogP contribution is 2.37. The van der Waals surface area contributed by atoms with Gasteiger partial charge in [-0.1, -0.05) is 17.7 Å². The van der Waals surface area contributed by atoms with Crippen LogP contribution in [0.4, 0.5) is 11.4 Å². The number of carbonyl (C=O) groups is 1. The maximum absolute atomic E-state index is 12.6. The average Bonchev–Trinajstić information content (AvgIpc) is 3.36. The quantitative estimate of drug-likeness (QED) is 0.864. The Morgan fingerprint density at radius 2 is 1.96 bits per heavy atom. The van der Waals surface area contributed by atoms with E-state index in [0.29, 0.717) is 17.3 Å². The van der Waals surface area contributed by atoms with Crippen molar-refractivity contribution in [1.29, 1.82) is 0 Å². The molecule has 0 radical (unpaired) electrons. The van der Waals surface area contributed by atoms with Crippen molar-refractivity contribution in [2.24, 2.45) is 5.92 Å². The number of hydrogen-bond acceptors (Lipinski definition) is 3.